The molecule has 4 nitrogen and oxygen atoms in total. The first kappa shape index (κ1) is 10.4. The summed E-state index contributed by atoms with van der Waals surface area (Å²) in [5, 5.41) is 0. The van der Waals surface area contributed by atoms with Crippen molar-refractivity contribution in [3.8, 4) is 5.88 Å². The third-order valence-corrected chi connectivity index (χ3v) is 1.18. The van der Waals surface area contributed by atoms with Crippen molar-refractivity contribution < 1.29 is 22.7 Å². The van der Waals surface area contributed by atoms with Crippen LogP contribution in [0.1, 0.15) is 5.82 Å². The number of carbonyl (C=O) groups excluding carboxylic acids is 1. The van der Waals surface area contributed by atoms with E-state index < -0.39 is 12.0 Å². The lowest BCUT2D eigenvalue weighted by molar-refractivity contribution is -0.145. The van der Waals surface area contributed by atoms with Crippen molar-refractivity contribution in [3.05, 3.63) is 18.1 Å². The zero-order chi connectivity index (χ0) is 10.6. The van der Waals surface area contributed by atoms with Crippen LogP contribution in [0.3, 0.4) is 0 Å². The highest BCUT2D eigenvalue weighted by Crippen LogP contribution is 2.26. The van der Waals surface area contributed by atoms with Crippen LogP contribution < -0.4 is 4.74 Å². The highest BCUT2D eigenvalue weighted by molar-refractivity contribution is 5.51. The maximum absolute atomic E-state index is 12.0. The Morgan fingerprint density at radius 2 is 2.21 bits per heavy atom. The average molecular weight is 206 g/mol. The molecule has 0 aliphatic heterocycles. The van der Waals surface area contributed by atoms with E-state index in [1.807, 2.05) is 0 Å². The fourth-order valence-corrected chi connectivity index (χ4v) is 0.679. The number of alkyl halides is 3. The van der Waals surface area contributed by atoms with Gasteiger partial charge in [0.15, 0.2) is 6.29 Å². The molecule has 0 fully saturated rings. The van der Waals surface area contributed by atoms with E-state index in [2.05, 4.69) is 14.7 Å². The molecule has 1 aromatic rings. The third-order valence-electron chi connectivity index (χ3n) is 1.18. The van der Waals surface area contributed by atoms with Gasteiger partial charge in [-0.1, -0.05) is 0 Å². The van der Waals surface area contributed by atoms with Crippen LogP contribution in [0.15, 0.2) is 12.3 Å². The van der Waals surface area contributed by atoms with E-state index in [1.165, 1.54) is 0 Å². The van der Waals surface area contributed by atoms with E-state index in [0.717, 1.165) is 12.3 Å². The number of halogens is 3. The van der Waals surface area contributed by atoms with Crippen LogP contribution in [0.2, 0.25) is 0 Å². The van der Waals surface area contributed by atoms with Crippen LogP contribution >= 0.6 is 0 Å². The molecule has 1 rings (SSSR count). The minimum atomic E-state index is -4.61. The summed E-state index contributed by atoms with van der Waals surface area (Å²) >= 11 is 0. The quantitative estimate of drug-likeness (QED) is 0.694. The normalized spacial score (nSPS) is 11.1. The first-order valence-electron chi connectivity index (χ1n) is 3.50. The van der Waals surface area contributed by atoms with Gasteiger partial charge in [0.1, 0.15) is 6.61 Å². The minimum absolute atomic E-state index is 0.278. The van der Waals surface area contributed by atoms with Gasteiger partial charge in [-0.3, -0.25) is 4.79 Å². The molecule has 0 aliphatic rings. The number of hydrogen-bond donors (Lipinski definition) is 0. The molecule has 14 heavy (non-hydrogen) atoms. The molecule has 0 bridgehead atoms. The standard InChI is InChI=1S/C7H5F3N2O2/c8-7(9,10)6-11-2-1-5(12-6)14-4-3-13/h1-3H,4H2. The molecule has 0 atom stereocenters. The fourth-order valence-electron chi connectivity index (χ4n) is 0.679. The van der Waals surface area contributed by atoms with Crippen LogP contribution in [0.5, 0.6) is 5.88 Å². The molecule has 0 N–H and O–H groups in total. The summed E-state index contributed by atoms with van der Waals surface area (Å²) in [6.07, 6.45) is -3.29. The Hall–Kier alpha value is -1.66. The Kier molecular flexibility index (Phi) is 3.00. The SMILES string of the molecule is O=CCOc1ccnc(C(F)(F)F)n1. The van der Waals surface area contributed by atoms with Crippen molar-refractivity contribution in [1.82, 2.24) is 9.97 Å². The summed E-state index contributed by atoms with van der Waals surface area (Å²) in [6, 6.07) is 1.14. The highest BCUT2D eigenvalue weighted by atomic mass is 19.4. The number of aromatic nitrogens is 2. The van der Waals surface area contributed by atoms with Gasteiger partial charge in [0.2, 0.25) is 11.7 Å². The van der Waals surface area contributed by atoms with E-state index in [1.54, 1.807) is 0 Å². The van der Waals surface area contributed by atoms with Crippen LogP contribution in [0, 0.1) is 0 Å². The smallest absolute Gasteiger partial charge is 0.451 e. The predicted molar refractivity (Wildman–Crippen MR) is 38.6 cm³/mol. The Bertz CT molecular complexity index is 327. The van der Waals surface area contributed by atoms with E-state index in [-0.39, 0.29) is 12.5 Å². The Morgan fingerprint density at radius 1 is 1.50 bits per heavy atom. The van der Waals surface area contributed by atoms with Gasteiger partial charge < -0.3 is 4.74 Å². The molecular formula is C7H5F3N2O2. The molecule has 76 valence electrons. The molecule has 0 amide bonds. The molecule has 7 heteroatoms. The molecule has 0 spiro atoms. The average Bonchev–Trinajstić information content (AvgIpc) is 2.14. The van der Waals surface area contributed by atoms with Crippen LogP contribution in [-0.2, 0) is 11.0 Å². The van der Waals surface area contributed by atoms with Crippen LogP contribution in [0.4, 0.5) is 13.2 Å². The Labute approximate surface area is 76.7 Å². The second-order valence-electron chi connectivity index (χ2n) is 2.19. The Balaban J connectivity index is 2.84. The molecule has 0 aromatic carbocycles. The van der Waals surface area contributed by atoms with Gasteiger partial charge in [-0.25, -0.2) is 4.98 Å². The van der Waals surface area contributed by atoms with E-state index in [4.69, 9.17) is 0 Å². The molecular weight excluding hydrogens is 201 g/mol. The van der Waals surface area contributed by atoms with E-state index >= 15 is 0 Å². The van der Waals surface area contributed by atoms with E-state index in [0.29, 0.717) is 6.29 Å². The number of rotatable bonds is 3. The van der Waals surface area contributed by atoms with Crippen molar-refractivity contribution in [2.45, 2.75) is 6.18 Å². The summed E-state index contributed by atoms with van der Waals surface area (Å²) in [5.41, 5.74) is 0. The first-order chi connectivity index (χ1) is 6.54. The summed E-state index contributed by atoms with van der Waals surface area (Å²) in [5.74, 6) is -1.57. The molecule has 0 aliphatic carbocycles. The van der Waals surface area contributed by atoms with Crippen molar-refractivity contribution in [3.63, 3.8) is 0 Å². The Morgan fingerprint density at radius 3 is 2.79 bits per heavy atom. The minimum Gasteiger partial charge on any atom is -0.470 e. The molecule has 0 saturated heterocycles. The number of aldehydes is 1. The molecule has 1 aromatic heterocycles. The van der Waals surface area contributed by atoms with Crippen molar-refractivity contribution in [2.24, 2.45) is 0 Å². The maximum atomic E-state index is 12.0. The summed E-state index contributed by atoms with van der Waals surface area (Å²) in [4.78, 5) is 15.9. The molecule has 0 unspecified atom stereocenters. The fraction of sp³-hybridized carbons (Fsp3) is 0.286. The van der Waals surface area contributed by atoms with Crippen molar-refractivity contribution in [1.29, 1.82) is 0 Å². The second kappa shape index (κ2) is 4.03. The first-order valence-corrected chi connectivity index (χ1v) is 3.50. The van der Waals surface area contributed by atoms with Crippen LogP contribution in [-0.4, -0.2) is 22.9 Å². The maximum Gasteiger partial charge on any atom is 0.451 e. The molecule has 0 saturated carbocycles. The van der Waals surface area contributed by atoms with Gasteiger partial charge >= 0.3 is 6.18 Å². The lowest BCUT2D eigenvalue weighted by Crippen LogP contribution is -2.11. The van der Waals surface area contributed by atoms with Gasteiger partial charge in [-0.05, 0) is 0 Å². The van der Waals surface area contributed by atoms with Gasteiger partial charge in [0, 0.05) is 12.3 Å². The second-order valence-corrected chi connectivity index (χ2v) is 2.19. The van der Waals surface area contributed by atoms with Gasteiger partial charge in [0.05, 0.1) is 0 Å². The number of nitrogens with zero attached hydrogens (tertiary/aromatic N) is 2. The zero-order valence-corrected chi connectivity index (χ0v) is 6.78. The number of ether oxygens (including phenoxy) is 1. The predicted octanol–water partition coefficient (Wildman–Crippen LogP) is 1.07. The third kappa shape index (κ3) is 2.68. The van der Waals surface area contributed by atoms with Gasteiger partial charge in [0.25, 0.3) is 0 Å². The zero-order valence-electron chi connectivity index (χ0n) is 6.78. The van der Waals surface area contributed by atoms with Crippen LogP contribution in [0.25, 0.3) is 0 Å². The summed E-state index contributed by atoms with van der Waals surface area (Å²) < 4.78 is 40.7. The van der Waals surface area contributed by atoms with Gasteiger partial charge in [-0.15, -0.1) is 0 Å². The molecule has 1 heterocycles. The van der Waals surface area contributed by atoms with Crippen molar-refractivity contribution in [2.75, 3.05) is 6.61 Å². The van der Waals surface area contributed by atoms with E-state index in [9.17, 15) is 18.0 Å². The van der Waals surface area contributed by atoms with Crippen molar-refractivity contribution >= 4 is 6.29 Å². The lowest BCUT2D eigenvalue weighted by Gasteiger charge is -2.05. The lowest BCUT2D eigenvalue weighted by atomic mass is 10.5. The number of hydrogen-bond acceptors (Lipinski definition) is 4. The topological polar surface area (TPSA) is 52.1 Å². The molecule has 0 radical (unpaired) electrons. The summed E-state index contributed by atoms with van der Waals surface area (Å²) in [6.45, 7) is -0.339. The highest BCUT2D eigenvalue weighted by Gasteiger charge is 2.34. The van der Waals surface area contributed by atoms with Gasteiger partial charge in [-0.2, -0.15) is 18.2 Å². The largest absolute Gasteiger partial charge is 0.470 e. The monoisotopic (exact) mass is 206 g/mol. The summed E-state index contributed by atoms with van der Waals surface area (Å²) in [7, 11) is 0. The number of carbonyl (C=O) groups is 1.